The van der Waals surface area contributed by atoms with Crippen LogP contribution in [0.1, 0.15) is 32.8 Å². The van der Waals surface area contributed by atoms with E-state index in [9.17, 15) is 30.6 Å². The lowest BCUT2D eigenvalue weighted by Crippen LogP contribution is -2.66. The van der Waals surface area contributed by atoms with E-state index in [4.69, 9.17) is 23.8 Å². The van der Waals surface area contributed by atoms with Crippen molar-refractivity contribution in [2.45, 2.75) is 101 Å². The molecule has 8 N–H and O–H groups in total. The molecule has 14 heteroatoms. The number of hydrogen-bond acceptors (Lipinski definition) is 13. The number of ether oxygens (including phenoxy) is 5. The number of aliphatic hydroxyl groups excluding tert-OH is 6. The minimum Gasteiger partial charge on any atom is -0.401 e. The second-order valence-corrected chi connectivity index (χ2v) is 10.5. The van der Waals surface area contributed by atoms with Gasteiger partial charge < -0.3 is 54.3 Å². The van der Waals surface area contributed by atoms with Crippen LogP contribution >= 0.6 is 0 Å². The Morgan fingerprint density at radius 1 is 1.00 bits per heavy atom. The number of nitrogens with zero attached hydrogens (tertiary/aromatic N) is 1. The van der Waals surface area contributed by atoms with Crippen molar-refractivity contribution in [3.8, 4) is 0 Å². The number of nitrogens with one attached hydrogen (secondary N) is 1. The molecule has 39 heavy (non-hydrogen) atoms. The van der Waals surface area contributed by atoms with E-state index in [-0.39, 0.29) is 6.61 Å². The summed E-state index contributed by atoms with van der Waals surface area (Å²) in [6.45, 7) is 5.11. The van der Waals surface area contributed by atoms with Crippen molar-refractivity contribution >= 4 is 0 Å². The molecular formula is C25H43N2O12+. The smallest absolute Gasteiger partial charge is 0.295 e. The standard InChI is InChI=1S/C25H42N2O12/c1-25(2,3)39-22-16(12-29)37-24(20(33)18(22)31)38-21-15(11-28)36-23(19(32)17(21)30)34-9-5-8-27-35-13-14-6-4-7-26-10-14/h4,6-7,10,15-24,27-33H,5,8-9,11-13H2,1-3H3/p+1/t15?,16?,17-,18-,19?,20?,21+,22+,23+,24-/m0/s1. The van der Waals surface area contributed by atoms with Crippen molar-refractivity contribution in [1.29, 1.82) is 0 Å². The van der Waals surface area contributed by atoms with Crippen LogP contribution in [0.15, 0.2) is 24.5 Å². The number of aliphatic hydroxyl groups is 8. The summed E-state index contributed by atoms with van der Waals surface area (Å²) in [5.41, 5.74) is 3.02. The lowest BCUT2D eigenvalue weighted by Gasteiger charge is -2.45. The monoisotopic (exact) mass is 563 g/mol. The van der Waals surface area contributed by atoms with Gasteiger partial charge in [-0.3, -0.25) is 9.82 Å². The SMILES string of the molecule is CC(C)(C)O[C@@H]1C(CO)O[C@@H]([OH+][C@@H]2C(CO)O[C@@H](OCCCNOCc3cccnc3)C(O)[C@@H]2O)C(O)[C@@H]1O. The van der Waals surface area contributed by atoms with Crippen LogP contribution in [0, 0.1) is 0 Å². The zero-order chi connectivity index (χ0) is 28.6. The van der Waals surface area contributed by atoms with Gasteiger partial charge in [-0.05, 0) is 38.8 Å². The van der Waals surface area contributed by atoms with Crippen LogP contribution in [0.3, 0.4) is 0 Å². The van der Waals surface area contributed by atoms with Crippen LogP contribution in [-0.2, 0) is 30.4 Å². The molecule has 1 aromatic rings. The van der Waals surface area contributed by atoms with Crippen LogP contribution in [0.2, 0.25) is 0 Å². The Balaban J connectivity index is 1.48. The Labute approximate surface area is 227 Å². The van der Waals surface area contributed by atoms with E-state index in [1.54, 1.807) is 33.2 Å². The third kappa shape index (κ3) is 9.06. The number of aromatic nitrogens is 1. The maximum atomic E-state index is 10.8. The Kier molecular flexibility index (Phi) is 12.4. The molecule has 2 aliphatic heterocycles. The first-order valence-corrected chi connectivity index (χ1v) is 13.0. The molecule has 4 unspecified atom stereocenters. The average molecular weight is 564 g/mol. The van der Waals surface area contributed by atoms with Gasteiger partial charge in [0.25, 0.3) is 6.29 Å². The first kappa shape index (κ1) is 32.1. The number of hydroxylamine groups is 1. The largest absolute Gasteiger partial charge is 0.401 e. The van der Waals surface area contributed by atoms with E-state index in [1.807, 2.05) is 12.1 Å². The average Bonchev–Trinajstić information content (AvgIpc) is 2.91. The lowest BCUT2D eigenvalue weighted by molar-refractivity contribution is -0.413. The fourth-order valence-corrected chi connectivity index (χ4v) is 4.34. The zero-order valence-electron chi connectivity index (χ0n) is 22.4. The van der Waals surface area contributed by atoms with E-state index < -0.39 is 80.2 Å². The maximum absolute atomic E-state index is 10.8. The molecule has 14 nitrogen and oxygen atoms in total. The third-order valence-electron chi connectivity index (χ3n) is 6.27. The molecule has 0 spiro atoms. The minimum absolute atomic E-state index is 0.154. The van der Waals surface area contributed by atoms with Gasteiger partial charge in [0.15, 0.2) is 24.6 Å². The predicted molar refractivity (Wildman–Crippen MR) is 134 cm³/mol. The van der Waals surface area contributed by atoms with E-state index in [0.717, 1.165) is 5.56 Å². The predicted octanol–water partition coefficient (Wildman–Crippen LogP) is -2.53. The van der Waals surface area contributed by atoms with Gasteiger partial charge in [0.1, 0.15) is 24.4 Å². The summed E-state index contributed by atoms with van der Waals surface area (Å²) in [4.78, 5) is 9.35. The Morgan fingerprint density at radius 2 is 1.74 bits per heavy atom. The van der Waals surface area contributed by atoms with Gasteiger partial charge in [-0.25, -0.2) is 5.48 Å². The van der Waals surface area contributed by atoms with E-state index in [1.165, 1.54) is 0 Å². The first-order valence-electron chi connectivity index (χ1n) is 13.0. The number of hydrogen-bond donors (Lipinski definition) is 7. The van der Waals surface area contributed by atoms with Crippen LogP contribution < -0.4 is 5.48 Å². The maximum Gasteiger partial charge on any atom is 0.295 e. The molecule has 2 fully saturated rings. The molecule has 0 saturated carbocycles. The van der Waals surface area contributed by atoms with Crippen molar-refractivity contribution in [2.24, 2.45) is 0 Å². The molecule has 0 aromatic carbocycles. The molecular weight excluding hydrogens is 520 g/mol. The Hall–Kier alpha value is -1.37. The highest BCUT2D eigenvalue weighted by molar-refractivity contribution is 5.06. The molecule has 3 heterocycles. The molecule has 2 aliphatic rings. The van der Waals surface area contributed by atoms with E-state index in [0.29, 0.717) is 19.6 Å². The van der Waals surface area contributed by atoms with Crippen molar-refractivity contribution in [2.75, 3.05) is 26.4 Å². The van der Waals surface area contributed by atoms with Gasteiger partial charge >= 0.3 is 0 Å². The van der Waals surface area contributed by atoms with E-state index >= 15 is 0 Å². The van der Waals surface area contributed by atoms with Crippen molar-refractivity contribution in [3.05, 3.63) is 30.1 Å². The molecule has 0 aliphatic carbocycles. The van der Waals surface area contributed by atoms with Crippen LogP contribution in [0.5, 0.6) is 0 Å². The van der Waals surface area contributed by atoms with Gasteiger partial charge in [-0.15, -0.1) is 0 Å². The van der Waals surface area contributed by atoms with E-state index in [2.05, 4.69) is 15.2 Å². The van der Waals surface area contributed by atoms with Crippen LogP contribution in [-0.4, -0.2) is 134 Å². The molecule has 2 saturated heterocycles. The second-order valence-electron chi connectivity index (χ2n) is 10.5. The van der Waals surface area contributed by atoms with Gasteiger partial charge in [-0.1, -0.05) is 6.07 Å². The number of pyridine rings is 1. The van der Waals surface area contributed by atoms with Gasteiger partial charge in [0.2, 0.25) is 6.10 Å². The van der Waals surface area contributed by atoms with Gasteiger partial charge in [0.05, 0.1) is 32.0 Å². The van der Waals surface area contributed by atoms with Crippen LogP contribution in [0.25, 0.3) is 0 Å². The summed E-state index contributed by atoms with van der Waals surface area (Å²) < 4.78 is 26.9. The minimum atomic E-state index is -1.56. The second kappa shape index (κ2) is 15.0. The third-order valence-corrected chi connectivity index (χ3v) is 6.27. The fourth-order valence-electron chi connectivity index (χ4n) is 4.34. The topological polar surface area (TPSA) is 205 Å². The summed E-state index contributed by atoms with van der Waals surface area (Å²) >= 11 is 0. The quantitative estimate of drug-likeness (QED) is 0.0752. The summed E-state index contributed by atoms with van der Waals surface area (Å²) in [5, 5.41) is 62.4. The van der Waals surface area contributed by atoms with Gasteiger partial charge in [0, 0.05) is 18.9 Å². The molecule has 10 atom stereocenters. The first-order chi connectivity index (χ1) is 18.6. The molecule has 1 aromatic heterocycles. The van der Waals surface area contributed by atoms with Crippen molar-refractivity contribution in [3.63, 3.8) is 0 Å². The highest BCUT2D eigenvalue weighted by Gasteiger charge is 2.55. The lowest BCUT2D eigenvalue weighted by atomic mass is 9.96. The Bertz CT molecular complexity index is 827. The summed E-state index contributed by atoms with van der Waals surface area (Å²) in [5.74, 6) is 0. The highest BCUT2D eigenvalue weighted by atomic mass is 16.7. The molecule has 0 radical (unpaired) electrons. The van der Waals surface area contributed by atoms with Crippen molar-refractivity contribution in [1.82, 2.24) is 10.5 Å². The fraction of sp³-hybridized carbons (Fsp3) is 0.800. The zero-order valence-corrected chi connectivity index (χ0v) is 22.4. The molecule has 0 bridgehead atoms. The number of rotatable bonds is 13. The summed E-state index contributed by atoms with van der Waals surface area (Å²) in [6, 6.07) is 3.69. The summed E-state index contributed by atoms with van der Waals surface area (Å²) in [6.07, 6.45) is -9.22. The Morgan fingerprint density at radius 3 is 2.38 bits per heavy atom. The molecule has 0 amide bonds. The molecule has 3 rings (SSSR count). The van der Waals surface area contributed by atoms with Gasteiger partial charge in [-0.2, -0.15) is 0 Å². The molecule has 224 valence electrons. The van der Waals surface area contributed by atoms with Crippen molar-refractivity contribution < 1.29 is 59.2 Å². The summed E-state index contributed by atoms with van der Waals surface area (Å²) in [7, 11) is 0. The highest BCUT2D eigenvalue weighted by Crippen LogP contribution is 2.30. The normalized spacial score (nSPS) is 35.7. The van der Waals surface area contributed by atoms with Crippen LogP contribution in [0.4, 0.5) is 0 Å².